The first kappa shape index (κ1) is 20.0. The molecule has 28 heavy (non-hydrogen) atoms. The maximum Gasteiger partial charge on any atom is 0.417 e. The van der Waals surface area contributed by atoms with E-state index in [9.17, 15) is 18.0 Å². The molecule has 0 saturated carbocycles. The zero-order valence-electron chi connectivity index (χ0n) is 15.0. The number of pyridine rings is 1. The molecule has 0 aliphatic carbocycles. The van der Waals surface area contributed by atoms with Gasteiger partial charge in [0.1, 0.15) is 5.75 Å². The normalized spacial score (nSPS) is 11.8. The van der Waals surface area contributed by atoms with E-state index in [2.05, 4.69) is 10.3 Å². The molecule has 2 heterocycles. The molecule has 0 saturated heterocycles. The number of ether oxygens (including phenoxy) is 1. The first-order valence-corrected chi connectivity index (χ1v) is 8.81. The Bertz CT molecular complexity index is 1020. The third-order valence-electron chi connectivity index (χ3n) is 3.75. The highest BCUT2D eigenvalue weighted by atomic mass is 35.5. The summed E-state index contributed by atoms with van der Waals surface area (Å²) in [4.78, 5) is 16.5. The van der Waals surface area contributed by atoms with Crippen molar-refractivity contribution in [3.05, 3.63) is 59.0 Å². The maximum absolute atomic E-state index is 12.9. The molecule has 3 aromatic rings. The van der Waals surface area contributed by atoms with Crippen LogP contribution >= 0.6 is 11.6 Å². The molecule has 0 aliphatic heterocycles. The van der Waals surface area contributed by atoms with Crippen LogP contribution in [0.5, 0.6) is 5.75 Å². The van der Waals surface area contributed by atoms with Gasteiger partial charge in [-0.3, -0.25) is 4.79 Å². The number of benzene rings is 1. The predicted octanol–water partition coefficient (Wildman–Crippen LogP) is 4.97. The summed E-state index contributed by atoms with van der Waals surface area (Å²) < 4.78 is 45.6. The molecule has 0 atom stereocenters. The third kappa shape index (κ3) is 4.56. The van der Waals surface area contributed by atoms with E-state index < -0.39 is 11.7 Å². The van der Waals surface area contributed by atoms with Crippen molar-refractivity contribution in [1.29, 1.82) is 0 Å². The van der Waals surface area contributed by atoms with Crippen LogP contribution < -0.4 is 10.1 Å². The van der Waals surface area contributed by atoms with Crippen molar-refractivity contribution in [2.24, 2.45) is 0 Å². The van der Waals surface area contributed by atoms with Gasteiger partial charge in [0, 0.05) is 12.4 Å². The molecule has 0 unspecified atom stereocenters. The highest BCUT2D eigenvalue weighted by Crippen LogP contribution is 2.32. The van der Waals surface area contributed by atoms with E-state index in [1.165, 1.54) is 10.6 Å². The molecule has 148 valence electrons. The van der Waals surface area contributed by atoms with Crippen molar-refractivity contribution in [3.8, 4) is 5.75 Å². The molecular formula is C19H17ClF3N3O2. The van der Waals surface area contributed by atoms with Gasteiger partial charge in [-0.05, 0) is 32.0 Å². The van der Waals surface area contributed by atoms with Gasteiger partial charge < -0.3 is 14.5 Å². The van der Waals surface area contributed by atoms with Crippen LogP contribution in [0.25, 0.3) is 5.65 Å². The van der Waals surface area contributed by atoms with Crippen molar-refractivity contribution < 1.29 is 22.7 Å². The van der Waals surface area contributed by atoms with Crippen molar-refractivity contribution in [3.63, 3.8) is 0 Å². The monoisotopic (exact) mass is 411 g/mol. The molecule has 2 aromatic heterocycles. The van der Waals surface area contributed by atoms with Crippen LogP contribution in [0.15, 0.2) is 42.7 Å². The lowest BCUT2D eigenvalue weighted by atomic mass is 10.2. The Kier molecular flexibility index (Phi) is 5.51. The summed E-state index contributed by atoms with van der Waals surface area (Å²) >= 11 is 5.92. The summed E-state index contributed by atoms with van der Waals surface area (Å²) in [6.45, 7) is 3.74. The van der Waals surface area contributed by atoms with E-state index in [0.29, 0.717) is 17.1 Å². The summed E-state index contributed by atoms with van der Waals surface area (Å²) in [7, 11) is 0. The number of amides is 1. The number of hydrogen-bond donors (Lipinski definition) is 1. The standard InChI is InChI=1S/C19H17ClF3N3O2/c1-11(2)28-16-6-4-3-5-15(16)25-17(27)8-13-10-26-9-12(19(21,22)23)7-14(20)18(26)24-13/h3-7,9-11H,8H2,1-2H3,(H,25,27). The van der Waals surface area contributed by atoms with Crippen LogP contribution in [0.4, 0.5) is 18.9 Å². The Hall–Kier alpha value is -2.74. The molecule has 3 rings (SSSR count). The van der Waals surface area contributed by atoms with Crippen LogP contribution in [0.3, 0.4) is 0 Å². The van der Waals surface area contributed by atoms with E-state index >= 15 is 0 Å². The number of nitrogens with zero attached hydrogens (tertiary/aromatic N) is 2. The Morgan fingerprint density at radius 2 is 2.00 bits per heavy atom. The van der Waals surface area contributed by atoms with E-state index in [0.717, 1.165) is 12.3 Å². The molecule has 1 amide bonds. The fourth-order valence-corrected chi connectivity index (χ4v) is 2.89. The Balaban J connectivity index is 1.80. The minimum atomic E-state index is -4.53. The molecule has 0 spiro atoms. The molecule has 5 nitrogen and oxygen atoms in total. The zero-order chi connectivity index (χ0) is 20.5. The van der Waals surface area contributed by atoms with Gasteiger partial charge in [0.05, 0.1) is 34.5 Å². The molecule has 1 N–H and O–H groups in total. The second kappa shape index (κ2) is 7.71. The number of carbonyl (C=O) groups is 1. The van der Waals surface area contributed by atoms with E-state index in [-0.39, 0.29) is 29.1 Å². The highest BCUT2D eigenvalue weighted by molar-refractivity contribution is 6.33. The lowest BCUT2D eigenvalue weighted by molar-refractivity contribution is -0.137. The summed E-state index contributed by atoms with van der Waals surface area (Å²) in [5.74, 6) is 0.147. The predicted molar refractivity (Wildman–Crippen MR) is 99.7 cm³/mol. The number of hydrogen-bond acceptors (Lipinski definition) is 3. The van der Waals surface area contributed by atoms with E-state index in [1.54, 1.807) is 24.3 Å². The van der Waals surface area contributed by atoms with Gasteiger partial charge >= 0.3 is 6.18 Å². The second-order valence-electron chi connectivity index (χ2n) is 6.43. The number of para-hydroxylation sites is 2. The summed E-state index contributed by atoms with van der Waals surface area (Å²) in [5, 5.41) is 2.59. The number of aromatic nitrogens is 2. The Labute approximate surface area is 164 Å². The second-order valence-corrected chi connectivity index (χ2v) is 6.83. The molecule has 0 bridgehead atoms. The smallest absolute Gasteiger partial charge is 0.417 e. The van der Waals surface area contributed by atoms with Crippen LogP contribution in [0.1, 0.15) is 25.1 Å². The van der Waals surface area contributed by atoms with E-state index in [4.69, 9.17) is 16.3 Å². The number of alkyl halides is 3. The topological polar surface area (TPSA) is 55.6 Å². The molecule has 0 aliphatic rings. The first-order chi connectivity index (χ1) is 13.1. The van der Waals surface area contributed by atoms with Gasteiger partial charge in [0.2, 0.25) is 5.91 Å². The van der Waals surface area contributed by atoms with Crippen LogP contribution in [0, 0.1) is 0 Å². The van der Waals surface area contributed by atoms with Gasteiger partial charge in [0.25, 0.3) is 0 Å². The molecular weight excluding hydrogens is 395 g/mol. The van der Waals surface area contributed by atoms with Crippen LogP contribution in [-0.4, -0.2) is 21.4 Å². The third-order valence-corrected chi connectivity index (χ3v) is 4.03. The lowest BCUT2D eigenvalue weighted by Gasteiger charge is -2.14. The van der Waals surface area contributed by atoms with Gasteiger partial charge in [-0.15, -0.1) is 0 Å². The average molecular weight is 412 g/mol. The zero-order valence-corrected chi connectivity index (χ0v) is 15.8. The number of nitrogens with one attached hydrogen (secondary N) is 1. The van der Waals surface area contributed by atoms with Crippen molar-refractivity contribution in [2.45, 2.75) is 32.5 Å². The minimum absolute atomic E-state index is 0.0681. The van der Waals surface area contributed by atoms with Crippen molar-refractivity contribution >= 4 is 28.8 Å². The average Bonchev–Trinajstić information content (AvgIpc) is 2.98. The number of fused-ring (bicyclic) bond motifs is 1. The van der Waals surface area contributed by atoms with Gasteiger partial charge in [-0.2, -0.15) is 13.2 Å². The molecule has 0 fully saturated rings. The lowest BCUT2D eigenvalue weighted by Crippen LogP contribution is -2.16. The summed E-state index contributed by atoms with van der Waals surface area (Å²) in [6, 6.07) is 7.79. The van der Waals surface area contributed by atoms with Crippen LogP contribution in [0.2, 0.25) is 5.02 Å². The first-order valence-electron chi connectivity index (χ1n) is 8.43. The number of anilines is 1. The largest absolute Gasteiger partial charge is 0.489 e. The molecule has 9 heteroatoms. The number of halogens is 4. The highest BCUT2D eigenvalue weighted by Gasteiger charge is 2.32. The van der Waals surface area contributed by atoms with Gasteiger partial charge in [0.15, 0.2) is 5.65 Å². The maximum atomic E-state index is 12.9. The van der Waals surface area contributed by atoms with Gasteiger partial charge in [-0.1, -0.05) is 23.7 Å². The fourth-order valence-electron chi connectivity index (χ4n) is 2.63. The van der Waals surface area contributed by atoms with Gasteiger partial charge in [-0.25, -0.2) is 4.98 Å². The SMILES string of the molecule is CC(C)Oc1ccccc1NC(=O)Cc1cn2cc(C(F)(F)F)cc(Cl)c2n1. The summed E-state index contributed by atoms with van der Waals surface area (Å²) in [6.07, 6.45) is -2.48. The van der Waals surface area contributed by atoms with Crippen LogP contribution in [-0.2, 0) is 17.4 Å². The van der Waals surface area contributed by atoms with Crippen molar-refractivity contribution in [2.75, 3.05) is 5.32 Å². The number of rotatable bonds is 5. The Morgan fingerprint density at radius 1 is 1.29 bits per heavy atom. The fraction of sp³-hybridized carbons (Fsp3) is 0.263. The molecule has 1 aromatic carbocycles. The quantitative estimate of drug-likeness (QED) is 0.644. The number of carbonyl (C=O) groups excluding carboxylic acids is 1. The molecule has 0 radical (unpaired) electrons. The number of imidazole rings is 1. The Morgan fingerprint density at radius 3 is 2.68 bits per heavy atom. The minimum Gasteiger partial charge on any atom is -0.489 e. The van der Waals surface area contributed by atoms with Crippen molar-refractivity contribution in [1.82, 2.24) is 9.38 Å². The summed E-state index contributed by atoms with van der Waals surface area (Å²) in [5.41, 5.74) is 0.0579. The van der Waals surface area contributed by atoms with E-state index in [1.807, 2.05) is 13.8 Å².